The smallest absolute Gasteiger partial charge is 0.321 e. The molecule has 1 aromatic carbocycles. The van der Waals surface area contributed by atoms with Crippen LogP contribution in [-0.4, -0.2) is 23.9 Å². The number of carbonyl (C=O) groups excluding carboxylic acids is 2. The molecule has 1 aromatic heterocycles. The second kappa shape index (κ2) is 7.09. The lowest BCUT2D eigenvalue weighted by Gasteiger charge is -2.18. The van der Waals surface area contributed by atoms with Gasteiger partial charge in [-0.25, -0.2) is 4.79 Å². The lowest BCUT2D eigenvalue weighted by molar-refractivity contribution is -0.114. The van der Waals surface area contributed by atoms with Gasteiger partial charge in [-0.2, -0.15) is 0 Å². The maximum Gasteiger partial charge on any atom is 0.321 e. The number of nitrogens with zero attached hydrogens (tertiary/aromatic N) is 1. The van der Waals surface area contributed by atoms with Gasteiger partial charge in [0.1, 0.15) is 0 Å². The Labute approximate surface area is 134 Å². The predicted octanol–water partition coefficient (Wildman–Crippen LogP) is 3.68. The van der Waals surface area contributed by atoms with Crippen LogP contribution in [0.1, 0.15) is 17.4 Å². The fourth-order valence-corrected chi connectivity index (χ4v) is 2.87. The monoisotopic (exact) mass is 317 g/mol. The number of urea groups is 1. The minimum atomic E-state index is -0.167. The van der Waals surface area contributed by atoms with E-state index in [4.69, 9.17) is 0 Å². The number of nitrogens with one attached hydrogen (secondary N) is 2. The third-order valence-corrected chi connectivity index (χ3v) is 4.16. The van der Waals surface area contributed by atoms with Crippen LogP contribution in [0.15, 0.2) is 35.7 Å². The summed E-state index contributed by atoms with van der Waals surface area (Å²) in [6.45, 7) is 4.08. The van der Waals surface area contributed by atoms with Gasteiger partial charge in [-0.15, -0.1) is 11.3 Å². The van der Waals surface area contributed by atoms with E-state index in [0.29, 0.717) is 17.9 Å². The molecule has 2 N–H and O–H groups in total. The van der Waals surface area contributed by atoms with E-state index in [0.717, 1.165) is 0 Å². The van der Waals surface area contributed by atoms with Crippen LogP contribution in [0.4, 0.5) is 16.2 Å². The minimum absolute atomic E-state index is 0.122. The van der Waals surface area contributed by atoms with Gasteiger partial charge >= 0.3 is 6.03 Å². The molecule has 0 bridgehead atoms. The summed E-state index contributed by atoms with van der Waals surface area (Å²) in [5.41, 5.74) is 2.59. The van der Waals surface area contributed by atoms with E-state index in [2.05, 4.69) is 10.6 Å². The van der Waals surface area contributed by atoms with Crippen molar-refractivity contribution in [2.24, 2.45) is 0 Å². The Morgan fingerprint density at radius 2 is 1.68 bits per heavy atom. The van der Waals surface area contributed by atoms with Crippen molar-refractivity contribution in [1.29, 1.82) is 0 Å². The lowest BCUT2D eigenvalue weighted by atomic mass is 10.2. The molecule has 0 unspecified atom stereocenters. The number of carbonyl (C=O) groups is 2. The maximum absolute atomic E-state index is 12.2. The summed E-state index contributed by atoms with van der Waals surface area (Å²) >= 11 is 1.65. The molecule has 2 rings (SSSR count). The Morgan fingerprint density at radius 1 is 1.09 bits per heavy atom. The van der Waals surface area contributed by atoms with E-state index in [1.54, 1.807) is 47.5 Å². The number of anilines is 2. The summed E-state index contributed by atoms with van der Waals surface area (Å²) in [7, 11) is 1.76. The van der Waals surface area contributed by atoms with Crippen LogP contribution >= 0.6 is 11.3 Å². The highest BCUT2D eigenvalue weighted by atomic mass is 32.1. The van der Waals surface area contributed by atoms with Gasteiger partial charge < -0.3 is 15.5 Å². The van der Waals surface area contributed by atoms with Gasteiger partial charge in [-0.3, -0.25) is 4.79 Å². The SMILES string of the molecule is CC(=O)Nc1ccc(NC(=O)N(C)Cc2sccc2C)cc1. The predicted molar refractivity (Wildman–Crippen MR) is 90.3 cm³/mol. The molecule has 1 heterocycles. The van der Waals surface area contributed by atoms with Crippen molar-refractivity contribution < 1.29 is 9.59 Å². The molecule has 0 saturated carbocycles. The molecule has 0 atom stereocenters. The quantitative estimate of drug-likeness (QED) is 0.903. The fourth-order valence-electron chi connectivity index (χ4n) is 1.91. The number of aryl methyl sites for hydroxylation is 1. The Morgan fingerprint density at radius 3 is 2.18 bits per heavy atom. The average Bonchev–Trinajstić information content (AvgIpc) is 2.86. The third-order valence-electron chi connectivity index (χ3n) is 3.15. The molecular formula is C16H19N3O2S. The molecule has 116 valence electrons. The first-order chi connectivity index (χ1) is 10.5. The first-order valence-electron chi connectivity index (χ1n) is 6.88. The molecule has 0 aliphatic rings. The highest BCUT2D eigenvalue weighted by Gasteiger charge is 2.11. The van der Waals surface area contributed by atoms with Gasteiger partial charge in [-0.05, 0) is 48.2 Å². The second-order valence-electron chi connectivity index (χ2n) is 5.07. The largest absolute Gasteiger partial charge is 0.326 e. The van der Waals surface area contributed by atoms with Crippen molar-refractivity contribution in [2.45, 2.75) is 20.4 Å². The molecule has 22 heavy (non-hydrogen) atoms. The van der Waals surface area contributed by atoms with Gasteiger partial charge in [0.25, 0.3) is 0 Å². The average molecular weight is 317 g/mol. The van der Waals surface area contributed by atoms with E-state index in [1.165, 1.54) is 17.4 Å². The maximum atomic E-state index is 12.2. The Hall–Kier alpha value is -2.34. The Kier molecular flexibility index (Phi) is 5.16. The second-order valence-corrected chi connectivity index (χ2v) is 6.07. The third kappa shape index (κ3) is 4.33. The van der Waals surface area contributed by atoms with Crippen LogP contribution in [0.5, 0.6) is 0 Å². The minimum Gasteiger partial charge on any atom is -0.326 e. The zero-order chi connectivity index (χ0) is 16.1. The molecule has 2 aromatic rings. The van der Waals surface area contributed by atoms with Crippen LogP contribution in [0.3, 0.4) is 0 Å². The molecule has 0 saturated heterocycles. The first kappa shape index (κ1) is 16.0. The standard InChI is InChI=1S/C16H19N3O2S/c1-11-8-9-22-15(11)10-19(3)16(21)18-14-6-4-13(5-7-14)17-12(2)20/h4-9H,10H2,1-3H3,(H,17,20)(H,18,21). The lowest BCUT2D eigenvalue weighted by Crippen LogP contribution is -2.30. The number of hydrogen-bond acceptors (Lipinski definition) is 3. The molecule has 6 heteroatoms. The van der Waals surface area contributed by atoms with Crippen molar-refractivity contribution >= 4 is 34.6 Å². The molecule has 5 nitrogen and oxygen atoms in total. The summed E-state index contributed by atoms with van der Waals surface area (Å²) in [5.74, 6) is -0.122. The molecular weight excluding hydrogens is 298 g/mol. The number of hydrogen-bond donors (Lipinski definition) is 2. The topological polar surface area (TPSA) is 61.4 Å². The van der Waals surface area contributed by atoms with Crippen LogP contribution in [0.25, 0.3) is 0 Å². The molecule has 0 aliphatic heterocycles. The number of benzene rings is 1. The zero-order valence-electron chi connectivity index (χ0n) is 12.8. The molecule has 0 radical (unpaired) electrons. The van der Waals surface area contributed by atoms with Crippen molar-refractivity contribution in [1.82, 2.24) is 4.90 Å². The number of amides is 3. The summed E-state index contributed by atoms with van der Waals surface area (Å²) in [6, 6.07) is 8.90. The number of rotatable bonds is 4. The summed E-state index contributed by atoms with van der Waals surface area (Å²) in [6.07, 6.45) is 0. The summed E-state index contributed by atoms with van der Waals surface area (Å²) in [5, 5.41) is 7.54. The molecule has 0 aliphatic carbocycles. The van der Waals surface area contributed by atoms with E-state index < -0.39 is 0 Å². The molecule has 0 fully saturated rings. The Balaban J connectivity index is 1.93. The first-order valence-corrected chi connectivity index (χ1v) is 7.76. The van der Waals surface area contributed by atoms with Crippen LogP contribution in [0, 0.1) is 6.92 Å². The van der Waals surface area contributed by atoms with Gasteiger partial charge in [0.05, 0.1) is 6.54 Å². The van der Waals surface area contributed by atoms with Crippen LogP contribution in [0.2, 0.25) is 0 Å². The molecule has 3 amide bonds. The van der Waals surface area contributed by atoms with Crippen molar-refractivity contribution in [3.63, 3.8) is 0 Å². The van der Waals surface area contributed by atoms with E-state index in [1.807, 2.05) is 18.4 Å². The van der Waals surface area contributed by atoms with Gasteiger partial charge in [0.2, 0.25) is 5.91 Å². The van der Waals surface area contributed by atoms with Crippen LogP contribution < -0.4 is 10.6 Å². The van der Waals surface area contributed by atoms with E-state index in [-0.39, 0.29) is 11.9 Å². The number of thiophene rings is 1. The van der Waals surface area contributed by atoms with Crippen molar-refractivity contribution in [3.8, 4) is 0 Å². The Bertz CT molecular complexity index is 664. The zero-order valence-corrected chi connectivity index (χ0v) is 13.7. The fraction of sp³-hybridized carbons (Fsp3) is 0.250. The van der Waals surface area contributed by atoms with Gasteiger partial charge in [0, 0.05) is 30.2 Å². The van der Waals surface area contributed by atoms with Crippen molar-refractivity contribution in [3.05, 3.63) is 46.2 Å². The highest BCUT2D eigenvalue weighted by molar-refractivity contribution is 7.10. The van der Waals surface area contributed by atoms with Crippen LogP contribution in [-0.2, 0) is 11.3 Å². The van der Waals surface area contributed by atoms with Gasteiger partial charge in [-0.1, -0.05) is 0 Å². The summed E-state index contributed by atoms with van der Waals surface area (Å²) in [4.78, 5) is 25.9. The molecule has 0 spiro atoms. The van der Waals surface area contributed by atoms with Gasteiger partial charge in [0.15, 0.2) is 0 Å². The highest BCUT2D eigenvalue weighted by Crippen LogP contribution is 2.18. The normalized spacial score (nSPS) is 10.1. The van der Waals surface area contributed by atoms with E-state index in [9.17, 15) is 9.59 Å². The van der Waals surface area contributed by atoms with Crippen molar-refractivity contribution in [2.75, 3.05) is 17.7 Å². The summed E-state index contributed by atoms with van der Waals surface area (Å²) < 4.78 is 0. The van der Waals surface area contributed by atoms with E-state index >= 15 is 0 Å².